The fourth-order valence-corrected chi connectivity index (χ4v) is 3.22. The van der Waals surface area contributed by atoms with Crippen molar-refractivity contribution in [2.24, 2.45) is 16.3 Å². The topological polar surface area (TPSA) is 71.7 Å². The number of fused-ring (bicyclic) bond motifs is 1. The molecule has 0 aromatic heterocycles. The predicted molar refractivity (Wildman–Crippen MR) is 109 cm³/mol. The van der Waals surface area contributed by atoms with Gasteiger partial charge in [0.1, 0.15) is 17.7 Å². The van der Waals surface area contributed by atoms with Crippen LogP contribution in [0.25, 0.3) is 5.57 Å². The fourth-order valence-electron chi connectivity index (χ4n) is 3.22. The van der Waals surface area contributed by atoms with Crippen LogP contribution in [0.15, 0.2) is 77.0 Å². The van der Waals surface area contributed by atoms with Crippen molar-refractivity contribution < 1.29 is 4.74 Å². The first kappa shape index (κ1) is 17.2. The SMILES string of the molecule is CC(C)(C)C1=CC(c2ccc(Oc3ccccc3)cc2)=C2C(N)=NNC2N1. The lowest BCUT2D eigenvalue weighted by Crippen LogP contribution is -2.44. The van der Waals surface area contributed by atoms with Gasteiger partial charge in [0, 0.05) is 16.7 Å². The van der Waals surface area contributed by atoms with Gasteiger partial charge in [-0.2, -0.15) is 5.10 Å². The van der Waals surface area contributed by atoms with Crippen LogP contribution in [0.1, 0.15) is 26.3 Å². The van der Waals surface area contributed by atoms with Crippen LogP contribution in [-0.4, -0.2) is 12.0 Å². The van der Waals surface area contributed by atoms with E-state index in [0.717, 1.165) is 33.9 Å². The van der Waals surface area contributed by atoms with Crippen molar-refractivity contribution in [2.75, 3.05) is 0 Å². The Labute approximate surface area is 159 Å². The summed E-state index contributed by atoms with van der Waals surface area (Å²) in [4.78, 5) is 0. The molecule has 0 amide bonds. The number of benzene rings is 2. The Kier molecular flexibility index (Phi) is 4.15. The number of nitrogens with zero attached hydrogens (tertiary/aromatic N) is 1. The molecule has 4 N–H and O–H groups in total. The number of nitrogens with one attached hydrogen (secondary N) is 2. The predicted octanol–water partition coefficient (Wildman–Crippen LogP) is 3.97. The minimum absolute atomic E-state index is 0.00776. The highest BCUT2D eigenvalue weighted by Gasteiger charge is 2.33. The van der Waals surface area contributed by atoms with Crippen LogP contribution in [0, 0.1) is 5.41 Å². The summed E-state index contributed by atoms with van der Waals surface area (Å²) < 4.78 is 5.90. The summed E-state index contributed by atoms with van der Waals surface area (Å²) in [7, 11) is 0. The molecule has 2 heterocycles. The average Bonchev–Trinajstić information content (AvgIpc) is 3.03. The Balaban J connectivity index is 1.69. The molecule has 0 saturated heterocycles. The van der Waals surface area contributed by atoms with Crippen molar-refractivity contribution in [2.45, 2.75) is 26.9 Å². The normalized spacial score (nSPS) is 18.9. The molecule has 0 bridgehead atoms. The summed E-state index contributed by atoms with van der Waals surface area (Å²) in [5.41, 5.74) is 13.5. The van der Waals surface area contributed by atoms with E-state index in [4.69, 9.17) is 10.5 Å². The average molecular weight is 360 g/mol. The van der Waals surface area contributed by atoms with Crippen LogP contribution in [0.5, 0.6) is 11.5 Å². The molecule has 1 unspecified atom stereocenters. The minimum atomic E-state index is -0.0977. The van der Waals surface area contributed by atoms with E-state index in [2.05, 4.69) is 54.8 Å². The molecule has 0 spiro atoms. The quantitative estimate of drug-likeness (QED) is 0.774. The molecule has 2 aromatic carbocycles. The van der Waals surface area contributed by atoms with Gasteiger partial charge in [0.15, 0.2) is 5.84 Å². The van der Waals surface area contributed by atoms with Crippen LogP contribution in [0.4, 0.5) is 0 Å². The number of rotatable bonds is 3. The lowest BCUT2D eigenvalue weighted by Gasteiger charge is -2.32. The Hall–Kier alpha value is -3.21. The van der Waals surface area contributed by atoms with Crippen molar-refractivity contribution in [3.05, 3.63) is 77.5 Å². The van der Waals surface area contributed by atoms with Crippen LogP contribution in [0.2, 0.25) is 0 Å². The van der Waals surface area contributed by atoms with Crippen molar-refractivity contribution in [3.63, 3.8) is 0 Å². The van der Waals surface area contributed by atoms with Gasteiger partial charge in [-0.1, -0.05) is 51.1 Å². The summed E-state index contributed by atoms with van der Waals surface area (Å²) in [6, 6.07) is 17.8. The molecule has 1 atom stereocenters. The van der Waals surface area contributed by atoms with Gasteiger partial charge in [-0.25, -0.2) is 0 Å². The number of para-hydroxylation sites is 1. The fraction of sp³-hybridized carbons (Fsp3) is 0.227. The zero-order chi connectivity index (χ0) is 19.0. The second kappa shape index (κ2) is 6.50. The molecule has 27 heavy (non-hydrogen) atoms. The second-order valence-electron chi connectivity index (χ2n) is 7.78. The molecule has 5 nitrogen and oxygen atoms in total. The number of hydrogen-bond donors (Lipinski definition) is 3. The van der Waals surface area contributed by atoms with Crippen molar-refractivity contribution in [3.8, 4) is 11.5 Å². The Bertz CT molecular complexity index is 935. The largest absolute Gasteiger partial charge is 0.457 e. The molecule has 0 radical (unpaired) electrons. The van der Waals surface area contributed by atoms with Gasteiger partial charge >= 0.3 is 0 Å². The molecule has 138 valence electrons. The molecule has 2 aromatic rings. The standard InChI is InChI=1S/C22H24N4O/c1-22(2,3)18-13-17(19-20(23)25-26-21(19)24-18)14-9-11-16(12-10-14)27-15-7-5-4-6-8-15/h4-13,21,24,26H,1-3H3,(H2,23,25). The van der Waals surface area contributed by atoms with Gasteiger partial charge in [-0.05, 0) is 41.5 Å². The number of amidine groups is 1. The zero-order valence-corrected chi connectivity index (χ0v) is 15.8. The number of hydrazone groups is 1. The summed E-state index contributed by atoms with van der Waals surface area (Å²) in [5.74, 6) is 2.14. The third-order valence-electron chi connectivity index (χ3n) is 4.71. The van der Waals surface area contributed by atoms with E-state index in [1.54, 1.807) is 0 Å². The lowest BCUT2D eigenvalue weighted by molar-refractivity contribution is 0.424. The molecule has 0 saturated carbocycles. The van der Waals surface area contributed by atoms with Crippen LogP contribution >= 0.6 is 0 Å². The van der Waals surface area contributed by atoms with Crippen LogP contribution in [-0.2, 0) is 0 Å². The van der Waals surface area contributed by atoms with E-state index in [-0.39, 0.29) is 11.6 Å². The first-order valence-corrected chi connectivity index (χ1v) is 9.07. The molecule has 2 aliphatic rings. The molecular weight excluding hydrogens is 336 g/mol. The lowest BCUT2D eigenvalue weighted by atomic mass is 9.85. The maximum atomic E-state index is 6.14. The maximum Gasteiger partial charge on any atom is 0.151 e. The molecule has 0 aliphatic carbocycles. The van der Waals surface area contributed by atoms with Gasteiger partial charge in [-0.3, -0.25) is 5.43 Å². The van der Waals surface area contributed by atoms with Crippen LogP contribution in [0.3, 0.4) is 0 Å². The summed E-state index contributed by atoms with van der Waals surface area (Å²) >= 11 is 0. The molecular formula is C22H24N4O. The first-order chi connectivity index (χ1) is 12.9. The van der Waals surface area contributed by atoms with E-state index >= 15 is 0 Å². The highest BCUT2D eigenvalue weighted by molar-refractivity contribution is 6.08. The highest BCUT2D eigenvalue weighted by Crippen LogP contribution is 2.35. The van der Waals surface area contributed by atoms with Crippen molar-refractivity contribution >= 4 is 11.4 Å². The number of ether oxygens (including phenoxy) is 1. The third kappa shape index (κ3) is 3.40. The molecule has 0 fully saturated rings. The summed E-state index contributed by atoms with van der Waals surface area (Å²) in [6.07, 6.45) is 2.08. The zero-order valence-electron chi connectivity index (χ0n) is 15.8. The molecule has 5 heteroatoms. The number of allylic oxidation sites excluding steroid dienone is 3. The van der Waals surface area contributed by atoms with Gasteiger partial charge in [0.05, 0.1) is 0 Å². The van der Waals surface area contributed by atoms with Gasteiger partial charge in [-0.15, -0.1) is 0 Å². The van der Waals surface area contributed by atoms with E-state index < -0.39 is 0 Å². The first-order valence-electron chi connectivity index (χ1n) is 9.07. The Morgan fingerprint density at radius 1 is 0.963 bits per heavy atom. The number of dihydropyridines is 1. The monoisotopic (exact) mass is 360 g/mol. The smallest absolute Gasteiger partial charge is 0.151 e. The van der Waals surface area contributed by atoms with E-state index in [0.29, 0.717) is 5.84 Å². The van der Waals surface area contributed by atoms with Gasteiger partial charge < -0.3 is 15.8 Å². The molecule has 2 aliphatic heterocycles. The third-order valence-corrected chi connectivity index (χ3v) is 4.71. The highest BCUT2D eigenvalue weighted by atomic mass is 16.5. The minimum Gasteiger partial charge on any atom is -0.457 e. The second-order valence-corrected chi connectivity index (χ2v) is 7.78. The van der Waals surface area contributed by atoms with Crippen molar-refractivity contribution in [1.82, 2.24) is 10.7 Å². The van der Waals surface area contributed by atoms with Crippen LogP contribution < -0.4 is 21.2 Å². The Morgan fingerprint density at radius 2 is 1.63 bits per heavy atom. The maximum absolute atomic E-state index is 6.14. The molecule has 4 rings (SSSR count). The Morgan fingerprint density at radius 3 is 2.30 bits per heavy atom. The summed E-state index contributed by atoms with van der Waals surface area (Å²) in [5, 5.41) is 7.71. The van der Waals surface area contributed by atoms with Gasteiger partial charge in [0.2, 0.25) is 0 Å². The van der Waals surface area contributed by atoms with E-state index in [1.807, 2.05) is 42.5 Å². The number of nitrogens with two attached hydrogens (primary N) is 1. The van der Waals surface area contributed by atoms with Crippen molar-refractivity contribution in [1.29, 1.82) is 0 Å². The van der Waals surface area contributed by atoms with E-state index in [9.17, 15) is 0 Å². The summed E-state index contributed by atoms with van der Waals surface area (Å²) in [6.45, 7) is 6.55. The van der Waals surface area contributed by atoms with E-state index in [1.165, 1.54) is 0 Å². The van der Waals surface area contributed by atoms with Gasteiger partial charge in [0.25, 0.3) is 0 Å². The number of hydrogen-bond acceptors (Lipinski definition) is 5.